The van der Waals surface area contributed by atoms with Crippen LogP contribution in [-0.4, -0.2) is 25.8 Å². The summed E-state index contributed by atoms with van der Waals surface area (Å²) in [6.07, 6.45) is 4.01. The van der Waals surface area contributed by atoms with Gasteiger partial charge in [-0.3, -0.25) is 9.59 Å². The van der Waals surface area contributed by atoms with Crippen LogP contribution in [0.3, 0.4) is 0 Å². The second kappa shape index (κ2) is 6.63. The smallest absolute Gasteiger partial charge is 0.163 e. The number of carbonyl (C=O) groups is 2. The molecule has 0 amide bonds. The predicted molar refractivity (Wildman–Crippen MR) is 95.1 cm³/mol. The Hall–Kier alpha value is -2.56. The normalized spacial score (nSPS) is 20.5. The monoisotopic (exact) mass is 354 g/mol. The number of methoxy groups -OCH3 is 2. The maximum Gasteiger partial charge on any atom is 0.163 e. The summed E-state index contributed by atoms with van der Waals surface area (Å²) in [4.78, 5) is 25.6. The summed E-state index contributed by atoms with van der Waals surface area (Å²) < 4.78 is 17.0. The Balaban J connectivity index is 1.96. The lowest BCUT2D eigenvalue weighted by Gasteiger charge is -2.36. The van der Waals surface area contributed by atoms with E-state index in [1.165, 1.54) is 0 Å². The molecule has 0 atom stereocenters. The molecule has 5 heteroatoms. The predicted octanol–water partition coefficient (Wildman–Crippen LogP) is 3.83. The van der Waals surface area contributed by atoms with Crippen molar-refractivity contribution >= 4 is 11.6 Å². The van der Waals surface area contributed by atoms with E-state index in [-0.39, 0.29) is 11.6 Å². The minimum atomic E-state index is -0.431. The second-order valence-electron chi connectivity index (χ2n) is 6.87. The zero-order chi connectivity index (χ0) is 18.3. The lowest BCUT2D eigenvalue weighted by Crippen LogP contribution is -2.30. The molecule has 0 saturated carbocycles. The summed E-state index contributed by atoms with van der Waals surface area (Å²) >= 11 is 0. The van der Waals surface area contributed by atoms with Crippen molar-refractivity contribution in [2.24, 2.45) is 0 Å². The van der Waals surface area contributed by atoms with Gasteiger partial charge in [0.2, 0.25) is 0 Å². The van der Waals surface area contributed by atoms with Crippen molar-refractivity contribution in [2.75, 3.05) is 14.2 Å². The number of hydrogen-bond acceptors (Lipinski definition) is 5. The molecule has 0 unspecified atom stereocenters. The molecule has 2 aliphatic carbocycles. The SMILES string of the molecule is COc1ccc(OC)c(C2C3=C(CCCC3=O)OC3=C2C(=O)CCC3)c1. The number of hydrogen-bond donors (Lipinski definition) is 0. The van der Waals surface area contributed by atoms with Crippen molar-refractivity contribution in [3.63, 3.8) is 0 Å². The highest BCUT2D eigenvalue weighted by atomic mass is 16.5. The van der Waals surface area contributed by atoms with Gasteiger partial charge >= 0.3 is 0 Å². The third kappa shape index (κ3) is 2.62. The van der Waals surface area contributed by atoms with Gasteiger partial charge in [-0.1, -0.05) is 0 Å². The largest absolute Gasteiger partial charge is 0.497 e. The third-order valence-electron chi connectivity index (χ3n) is 5.39. The van der Waals surface area contributed by atoms with Crippen LogP contribution in [-0.2, 0) is 14.3 Å². The highest BCUT2D eigenvalue weighted by Gasteiger charge is 2.42. The first-order valence-electron chi connectivity index (χ1n) is 9.06. The number of benzene rings is 1. The zero-order valence-electron chi connectivity index (χ0n) is 15.1. The summed E-state index contributed by atoms with van der Waals surface area (Å²) in [5, 5.41) is 0. The number of ketones is 2. The van der Waals surface area contributed by atoms with Gasteiger partial charge in [0.15, 0.2) is 11.6 Å². The number of Topliss-reactive ketones (excluding diaryl/α,β-unsaturated/α-hetero) is 2. The summed E-state index contributed by atoms with van der Waals surface area (Å²) in [5.74, 6) is 2.46. The Bertz CT molecular complexity index is 804. The fourth-order valence-electron chi connectivity index (χ4n) is 4.19. The van der Waals surface area contributed by atoms with Crippen LogP contribution in [0.15, 0.2) is 40.9 Å². The van der Waals surface area contributed by atoms with Gasteiger partial charge < -0.3 is 14.2 Å². The number of allylic oxidation sites excluding steroid dienone is 4. The highest BCUT2D eigenvalue weighted by molar-refractivity contribution is 6.06. The molecule has 4 rings (SSSR count). The van der Waals surface area contributed by atoms with Crippen LogP contribution < -0.4 is 9.47 Å². The molecule has 0 aromatic heterocycles. The minimum absolute atomic E-state index is 0.0612. The van der Waals surface area contributed by atoms with E-state index < -0.39 is 5.92 Å². The molecule has 1 aromatic rings. The summed E-state index contributed by atoms with van der Waals surface area (Å²) in [6, 6.07) is 5.51. The van der Waals surface area contributed by atoms with Gasteiger partial charge in [-0.15, -0.1) is 0 Å². The Labute approximate surface area is 152 Å². The van der Waals surface area contributed by atoms with E-state index >= 15 is 0 Å². The van der Waals surface area contributed by atoms with Gasteiger partial charge in [0, 0.05) is 42.4 Å². The van der Waals surface area contributed by atoms with E-state index in [4.69, 9.17) is 14.2 Å². The van der Waals surface area contributed by atoms with Gasteiger partial charge in [-0.25, -0.2) is 0 Å². The maximum absolute atomic E-state index is 12.8. The lowest BCUT2D eigenvalue weighted by atomic mass is 9.73. The first-order valence-corrected chi connectivity index (χ1v) is 9.06. The quantitative estimate of drug-likeness (QED) is 0.825. The number of ether oxygens (including phenoxy) is 3. The van der Waals surface area contributed by atoms with E-state index in [1.54, 1.807) is 14.2 Å². The van der Waals surface area contributed by atoms with Crippen LogP contribution in [0.2, 0.25) is 0 Å². The van der Waals surface area contributed by atoms with Crippen LogP contribution in [0.1, 0.15) is 50.0 Å². The molecule has 0 fully saturated rings. The molecule has 0 radical (unpaired) electrons. The van der Waals surface area contributed by atoms with E-state index in [0.717, 1.165) is 42.8 Å². The first kappa shape index (κ1) is 16.9. The third-order valence-corrected chi connectivity index (χ3v) is 5.39. The molecule has 5 nitrogen and oxygen atoms in total. The molecule has 1 heterocycles. The molecular weight excluding hydrogens is 332 g/mol. The molecule has 0 bridgehead atoms. The highest BCUT2D eigenvalue weighted by Crippen LogP contribution is 2.50. The Morgan fingerprint density at radius 3 is 2.04 bits per heavy atom. The van der Waals surface area contributed by atoms with Crippen LogP contribution in [0.4, 0.5) is 0 Å². The van der Waals surface area contributed by atoms with Crippen molar-refractivity contribution < 1.29 is 23.8 Å². The fourth-order valence-corrected chi connectivity index (χ4v) is 4.19. The van der Waals surface area contributed by atoms with Gasteiger partial charge in [-0.05, 0) is 31.0 Å². The van der Waals surface area contributed by atoms with Crippen molar-refractivity contribution in [1.29, 1.82) is 0 Å². The minimum Gasteiger partial charge on any atom is -0.497 e. The van der Waals surface area contributed by atoms with E-state index in [2.05, 4.69) is 0 Å². The number of rotatable bonds is 3. The van der Waals surface area contributed by atoms with Gasteiger partial charge in [-0.2, -0.15) is 0 Å². The average Bonchev–Trinajstić information content (AvgIpc) is 2.66. The molecule has 3 aliphatic rings. The van der Waals surface area contributed by atoms with Gasteiger partial charge in [0.1, 0.15) is 23.0 Å². The van der Waals surface area contributed by atoms with Crippen LogP contribution in [0.5, 0.6) is 11.5 Å². The summed E-state index contributed by atoms with van der Waals surface area (Å²) in [6.45, 7) is 0. The van der Waals surface area contributed by atoms with Crippen molar-refractivity contribution in [3.8, 4) is 11.5 Å². The molecule has 1 aromatic carbocycles. The zero-order valence-corrected chi connectivity index (χ0v) is 15.1. The van der Waals surface area contributed by atoms with Crippen molar-refractivity contribution in [3.05, 3.63) is 46.4 Å². The molecule has 26 heavy (non-hydrogen) atoms. The van der Waals surface area contributed by atoms with Crippen LogP contribution >= 0.6 is 0 Å². The molecule has 1 aliphatic heterocycles. The van der Waals surface area contributed by atoms with Gasteiger partial charge in [0.25, 0.3) is 0 Å². The van der Waals surface area contributed by atoms with Crippen LogP contribution in [0, 0.1) is 0 Å². The molecule has 0 saturated heterocycles. The number of carbonyl (C=O) groups excluding carboxylic acids is 2. The molecule has 0 spiro atoms. The summed E-state index contributed by atoms with van der Waals surface area (Å²) in [7, 11) is 3.20. The average molecular weight is 354 g/mol. The molecule has 136 valence electrons. The fraction of sp³-hybridized carbons (Fsp3) is 0.429. The Morgan fingerprint density at radius 1 is 0.885 bits per heavy atom. The standard InChI is InChI=1S/C21H22O5/c1-24-12-9-10-16(25-2)13(11-12)19-20-14(22)5-3-7-17(20)26-18-8-4-6-15(23)21(18)19/h9-11,19H,3-8H2,1-2H3. The van der Waals surface area contributed by atoms with Gasteiger partial charge in [0.05, 0.1) is 20.1 Å². The van der Waals surface area contributed by atoms with E-state index in [1.807, 2.05) is 18.2 Å². The second-order valence-corrected chi connectivity index (χ2v) is 6.87. The molecule has 0 N–H and O–H groups in total. The van der Waals surface area contributed by atoms with E-state index in [0.29, 0.717) is 35.5 Å². The Kier molecular flexibility index (Phi) is 4.31. The van der Waals surface area contributed by atoms with E-state index in [9.17, 15) is 9.59 Å². The first-order chi connectivity index (χ1) is 12.6. The maximum atomic E-state index is 12.8. The van der Waals surface area contributed by atoms with Crippen molar-refractivity contribution in [2.45, 2.75) is 44.4 Å². The topological polar surface area (TPSA) is 61.8 Å². The summed E-state index contributed by atoms with van der Waals surface area (Å²) in [5.41, 5.74) is 2.04. The lowest BCUT2D eigenvalue weighted by molar-refractivity contribution is -0.117. The Morgan fingerprint density at radius 2 is 1.50 bits per heavy atom. The molecular formula is C21H22O5. The van der Waals surface area contributed by atoms with Crippen molar-refractivity contribution in [1.82, 2.24) is 0 Å². The van der Waals surface area contributed by atoms with Crippen LogP contribution in [0.25, 0.3) is 0 Å².